The molecule has 0 saturated heterocycles. The first kappa shape index (κ1) is 26.9. The van der Waals surface area contributed by atoms with Gasteiger partial charge in [-0.15, -0.1) is 0 Å². The Kier molecular flexibility index (Phi) is 9.45. The summed E-state index contributed by atoms with van der Waals surface area (Å²) in [5, 5.41) is 7.68. The highest BCUT2D eigenvalue weighted by molar-refractivity contribution is 7.91. The quantitative estimate of drug-likeness (QED) is 0.548. The van der Waals surface area contributed by atoms with Gasteiger partial charge >= 0.3 is 5.97 Å². The van der Waals surface area contributed by atoms with Gasteiger partial charge in [-0.05, 0) is 43.9 Å². The maximum atomic E-state index is 12.9. The fourth-order valence-electron chi connectivity index (χ4n) is 4.01. The van der Waals surface area contributed by atoms with E-state index in [9.17, 15) is 18.0 Å². The summed E-state index contributed by atoms with van der Waals surface area (Å²) in [6, 6.07) is 5.91. The van der Waals surface area contributed by atoms with Gasteiger partial charge in [0.15, 0.2) is 9.84 Å². The van der Waals surface area contributed by atoms with Crippen LogP contribution < -0.4 is 5.32 Å². The molecule has 1 aromatic heterocycles. The molecule has 1 atom stereocenters. The molecule has 10 heteroatoms. The zero-order chi connectivity index (χ0) is 25.4. The maximum Gasteiger partial charge on any atom is 0.338 e. The van der Waals surface area contributed by atoms with Crippen molar-refractivity contribution in [1.29, 1.82) is 0 Å². The predicted molar refractivity (Wildman–Crippen MR) is 131 cm³/mol. The second-order valence-corrected chi connectivity index (χ2v) is 11.0. The molecule has 3 rings (SSSR count). The van der Waals surface area contributed by atoms with Gasteiger partial charge in [-0.3, -0.25) is 9.48 Å². The van der Waals surface area contributed by atoms with Gasteiger partial charge in [0.1, 0.15) is 0 Å². The molecule has 1 N–H and O–H groups in total. The van der Waals surface area contributed by atoms with Gasteiger partial charge in [0.25, 0.3) is 5.91 Å². The third-order valence-electron chi connectivity index (χ3n) is 5.94. The molecule has 9 nitrogen and oxygen atoms in total. The van der Waals surface area contributed by atoms with Crippen molar-refractivity contribution in [3.05, 3.63) is 46.8 Å². The summed E-state index contributed by atoms with van der Waals surface area (Å²) in [4.78, 5) is 25.6. The molecular formula is C25H35N3O6S. The number of nitrogens with zero attached hydrogens (tertiary/aromatic N) is 2. The molecule has 2 heterocycles. The summed E-state index contributed by atoms with van der Waals surface area (Å²) in [5.74, 6) is -0.796. The molecule has 35 heavy (non-hydrogen) atoms. The monoisotopic (exact) mass is 505 g/mol. The SMILES string of the molecule is CCc1nn(C[C@@H](C)COC(=O)c2cccc(S(=O)(=O)CC)c2)c2c1C(=O)NCCCOCCC2. The number of fused-ring (bicyclic) bond motifs is 1. The number of esters is 1. The van der Waals surface area contributed by atoms with Crippen LogP contribution in [0.2, 0.25) is 0 Å². The standard InChI is InChI=1S/C25H35N3O6S/c1-4-21-23-22(11-7-13-33-14-8-12-26-24(23)29)28(27-21)16-18(3)17-34-25(30)19-9-6-10-20(15-19)35(31,32)5-2/h6,9-10,15,18H,4-5,7-8,11-14,16-17H2,1-3H3,(H,26,29)/t18-/m1/s1. The predicted octanol–water partition coefficient (Wildman–Crippen LogP) is 2.81. The van der Waals surface area contributed by atoms with E-state index in [4.69, 9.17) is 14.6 Å². The van der Waals surface area contributed by atoms with Gasteiger partial charge in [0.2, 0.25) is 0 Å². The minimum Gasteiger partial charge on any atom is -0.462 e. The summed E-state index contributed by atoms with van der Waals surface area (Å²) in [7, 11) is -3.41. The summed E-state index contributed by atoms with van der Waals surface area (Å²) < 4.78 is 37.2. The van der Waals surface area contributed by atoms with E-state index in [1.54, 1.807) is 13.0 Å². The third kappa shape index (κ3) is 6.91. The van der Waals surface area contributed by atoms with E-state index in [0.29, 0.717) is 44.7 Å². The number of ether oxygens (including phenoxy) is 2. The fraction of sp³-hybridized carbons (Fsp3) is 0.560. The van der Waals surface area contributed by atoms with Crippen LogP contribution in [0.4, 0.5) is 0 Å². The van der Waals surface area contributed by atoms with E-state index in [1.165, 1.54) is 18.2 Å². The minimum atomic E-state index is -3.41. The average Bonchev–Trinajstić information content (AvgIpc) is 3.18. The van der Waals surface area contributed by atoms with Crippen LogP contribution in [-0.4, -0.2) is 62.2 Å². The van der Waals surface area contributed by atoms with E-state index >= 15 is 0 Å². The molecule has 0 bridgehead atoms. The lowest BCUT2D eigenvalue weighted by molar-refractivity contribution is 0.0435. The van der Waals surface area contributed by atoms with Crippen molar-refractivity contribution in [2.45, 2.75) is 57.9 Å². The number of amides is 1. The highest BCUT2D eigenvalue weighted by atomic mass is 32.2. The Morgan fingerprint density at radius 1 is 1.26 bits per heavy atom. The molecule has 1 aromatic carbocycles. The number of aryl methyl sites for hydroxylation is 1. The minimum absolute atomic E-state index is 0.0410. The first-order chi connectivity index (χ1) is 16.8. The Morgan fingerprint density at radius 2 is 2.03 bits per heavy atom. The molecule has 0 unspecified atom stereocenters. The summed E-state index contributed by atoms with van der Waals surface area (Å²) in [6.07, 6.45) is 2.86. The first-order valence-corrected chi connectivity index (χ1v) is 13.9. The number of benzene rings is 1. The van der Waals surface area contributed by atoms with Crippen molar-refractivity contribution in [1.82, 2.24) is 15.1 Å². The summed E-state index contributed by atoms with van der Waals surface area (Å²) in [6.45, 7) is 7.90. The van der Waals surface area contributed by atoms with Crippen molar-refractivity contribution in [2.24, 2.45) is 5.92 Å². The average molecular weight is 506 g/mol. The Hall–Kier alpha value is -2.72. The van der Waals surface area contributed by atoms with Crippen molar-refractivity contribution in [2.75, 3.05) is 32.1 Å². The second-order valence-electron chi connectivity index (χ2n) is 8.76. The first-order valence-electron chi connectivity index (χ1n) is 12.2. The van der Waals surface area contributed by atoms with Gasteiger partial charge in [0.05, 0.1) is 39.8 Å². The lowest BCUT2D eigenvalue weighted by Gasteiger charge is -2.15. The smallest absolute Gasteiger partial charge is 0.338 e. The van der Waals surface area contributed by atoms with Crippen molar-refractivity contribution in [3.8, 4) is 0 Å². The molecule has 0 fully saturated rings. The van der Waals surface area contributed by atoms with Gasteiger partial charge in [0, 0.05) is 32.2 Å². The highest BCUT2D eigenvalue weighted by Gasteiger charge is 2.24. The number of sulfone groups is 1. The molecule has 192 valence electrons. The number of nitrogens with one attached hydrogen (secondary N) is 1. The molecule has 0 saturated carbocycles. The molecule has 1 aliphatic heterocycles. The number of hydrogen-bond donors (Lipinski definition) is 1. The van der Waals surface area contributed by atoms with E-state index in [-0.39, 0.29) is 34.6 Å². The van der Waals surface area contributed by atoms with E-state index < -0.39 is 15.8 Å². The second kappa shape index (κ2) is 12.3. The number of rotatable bonds is 8. The Balaban J connectivity index is 1.71. The zero-order valence-corrected chi connectivity index (χ0v) is 21.5. The molecule has 1 amide bonds. The van der Waals surface area contributed by atoms with Crippen LogP contribution in [0.3, 0.4) is 0 Å². The summed E-state index contributed by atoms with van der Waals surface area (Å²) in [5.41, 5.74) is 2.48. The van der Waals surface area contributed by atoms with E-state index in [1.807, 2.05) is 18.5 Å². The fourth-order valence-corrected chi connectivity index (χ4v) is 4.93. The van der Waals surface area contributed by atoms with Crippen LogP contribution in [0.15, 0.2) is 29.2 Å². The number of carbonyl (C=O) groups is 2. The van der Waals surface area contributed by atoms with Gasteiger partial charge < -0.3 is 14.8 Å². The zero-order valence-electron chi connectivity index (χ0n) is 20.7. The van der Waals surface area contributed by atoms with Crippen LogP contribution >= 0.6 is 0 Å². The third-order valence-corrected chi connectivity index (χ3v) is 7.67. The normalized spacial score (nSPS) is 16.0. The van der Waals surface area contributed by atoms with E-state index in [0.717, 1.165) is 24.2 Å². The maximum absolute atomic E-state index is 12.9. The van der Waals surface area contributed by atoms with Crippen LogP contribution in [-0.2, 0) is 38.7 Å². The van der Waals surface area contributed by atoms with Crippen LogP contribution in [0.1, 0.15) is 65.7 Å². The highest BCUT2D eigenvalue weighted by Crippen LogP contribution is 2.20. The lowest BCUT2D eigenvalue weighted by atomic mass is 10.1. The Labute approximate surface area is 207 Å². The van der Waals surface area contributed by atoms with Gasteiger partial charge in [-0.25, -0.2) is 13.2 Å². The van der Waals surface area contributed by atoms with Crippen molar-refractivity contribution < 1.29 is 27.5 Å². The van der Waals surface area contributed by atoms with Crippen LogP contribution in [0, 0.1) is 5.92 Å². The molecule has 0 spiro atoms. The lowest BCUT2D eigenvalue weighted by Crippen LogP contribution is -2.27. The largest absolute Gasteiger partial charge is 0.462 e. The topological polar surface area (TPSA) is 117 Å². The van der Waals surface area contributed by atoms with Crippen LogP contribution in [0.25, 0.3) is 0 Å². The Morgan fingerprint density at radius 3 is 2.77 bits per heavy atom. The van der Waals surface area contributed by atoms with Crippen LogP contribution in [0.5, 0.6) is 0 Å². The number of hydrogen-bond acceptors (Lipinski definition) is 7. The Bertz CT molecular complexity index is 1140. The molecule has 0 radical (unpaired) electrons. The molecule has 0 aliphatic carbocycles. The summed E-state index contributed by atoms with van der Waals surface area (Å²) >= 11 is 0. The van der Waals surface area contributed by atoms with Gasteiger partial charge in [-0.2, -0.15) is 5.10 Å². The number of carbonyl (C=O) groups excluding carboxylic acids is 2. The molecule has 1 aliphatic rings. The van der Waals surface area contributed by atoms with Crippen molar-refractivity contribution >= 4 is 21.7 Å². The van der Waals surface area contributed by atoms with E-state index in [2.05, 4.69) is 5.32 Å². The molecular weight excluding hydrogens is 470 g/mol. The van der Waals surface area contributed by atoms with Crippen molar-refractivity contribution in [3.63, 3.8) is 0 Å². The number of aromatic nitrogens is 2. The van der Waals surface area contributed by atoms with Gasteiger partial charge in [-0.1, -0.05) is 26.8 Å². The molecule has 2 aromatic rings.